The minimum absolute atomic E-state index is 0.0880. The zero-order valence-corrected chi connectivity index (χ0v) is 16.7. The number of carbonyl (C=O) groups is 3. The van der Waals surface area contributed by atoms with Crippen molar-refractivity contribution in [3.63, 3.8) is 0 Å². The highest BCUT2D eigenvalue weighted by Crippen LogP contribution is 2.20. The van der Waals surface area contributed by atoms with Crippen LogP contribution in [0.3, 0.4) is 0 Å². The smallest absolute Gasteiger partial charge is 0.317 e. The highest BCUT2D eigenvalue weighted by molar-refractivity contribution is 7.80. The molecule has 0 aliphatic carbocycles. The maximum Gasteiger partial charge on any atom is 0.317 e. The van der Waals surface area contributed by atoms with Crippen molar-refractivity contribution in [2.45, 2.75) is 27.7 Å². The maximum atomic E-state index is 12.4. The van der Waals surface area contributed by atoms with Crippen molar-refractivity contribution in [3.05, 3.63) is 35.9 Å². The van der Waals surface area contributed by atoms with E-state index in [-0.39, 0.29) is 18.9 Å². The molecule has 8 heteroatoms. The number of thiocarbonyl (C=S) groups is 1. The third-order valence-electron chi connectivity index (χ3n) is 3.67. The lowest BCUT2D eigenvalue weighted by Gasteiger charge is -2.22. The van der Waals surface area contributed by atoms with Gasteiger partial charge in [0.05, 0.1) is 18.9 Å². The Balaban J connectivity index is 3.13. The standard InChI is InChI=1S/C19H24N2O5S/c1-5-25-18(23)15(16(13(4)22)19(24)26-6-2)12(3)20-21-17(27)14-10-8-7-9-11-14/h7-11,15-16H,5-6H2,1-4H3,(H,21,27)/b20-12+. The van der Waals surface area contributed by atoms with Crippen LogP contribution in [0, 0.1) is 11.8 Å². The Morgan fingerprint density at radius 3 is 2.00 bits per heavy atom. The van der Waals surface area contributed by atoms with Gasteiger partial charge in [0.1, 0.15) is 22.6 Å². The SMILES string of the molecule is CCOC(=O)C(C(C)=O)C(C(=O)OCC)/C(C)=N/NC(=S)c1ccccc1. The number of carbonyl (C=O) groups excluding carboxylic acids is 3. The molecular weight excluding hydrogens is 368 g/mol. The van der Waals surface area contributed by atoms with Crippen molar-refractivity contribution in [2.75, 3.05) is 13.2 Å². The molecule has 0 saturated heterocycles. The van der Waals surface area contributed by atoms with Crippen LogP contribution >= 0.6 is 12.2 Å². The second-order valence-electron chi connectivity index (χ2n) is 5.63. The fourth-order valence-corrected chi connectivity index (χ4v) is 2.59. The normalized spacial score (nSPS) is 13.3. The van der Waals surface area contributed by atoms with Gasteiger partial charge < -0.3 is 9.47 Å². The highest BCUT2D eigenvalue weighted by Gasteiger charge is 2.41. The van der Waals surface area contributed by atoms with Gasteiger partial charge in [0.2, 0.25) is 0 Å². The first kappa shape index (κ1) is 22.4. The number of benzene rings is 1. The number of nitrogens with zero attached hydrogens (tertiary/aromatic N) is 1. The van der Waals surface area contributed by atoms with Gasteiger partial charge in [0, 0.05) is 5.56 Å². The van der Waals surface area contributed by atoms with Crippen LogP contribution in [0.5, 0.6) is 0 Å². The first-order valence-electron chi connectivity index (χ1n) is 8.56. The van der Waals surface area contributed by atoms with Crippen LogP contribution in [0.15, 0.2) is 35.4 Å². The molecule has 0 saturated carbocycles. The summed E-state index contributed by atoms with van der Waals surface area (Å²) in [6.07, 6.45) is 0. The minimum Gasteiger partial charge on any atom is -0.465 e. The van der Waals surface area contributed by atoms with E-state index in [9.17, 15) is 14.4 Å². The molecule has 1 rings (SSSR count). The summed E-state index contributed by atoms with van der Waals surface area (Å²) in [6, 6.07) is 9.12. The topological polar surface area (TPSA) is 94.1 Å². The van der Waals surface area contributed by atoms with E-state index in [1.54, 1.807) is 26.0 Å². The molecule has 1 N–H and O–H groups in total. The predicted molar refractivity (Wildman–Crippen MR) is 105 cm³/mol. The van der Waals surface area contributed by atoms with Gasteiger partial charge in [0.25, 0.3) is 0 Å². The van der Waals surface area contributed by atoms with Gasteiger partial charge in [-0.05, 0) is 27.7 Å². The molecule has 0 aromatic heterocycles. The Bertz CT molecular complexity index is 718. The molecule has 0 bridgehead atoms. The lowest BCUT2D eigenvalue weighted by atomic mass is 9.85. The number of esters is 2. The Kier molecular flexibility index (Phi) is 9.29. The first-order chi connectivity index (χ1) is 12.8. The van der Waals surface area contributed by atoms with Crippen molar-refractivity contribution < 1.29 is 23.9 Å². The maximum absolute atomic E-state index is 12.4. The van der Waals surface area contributed by atoms with E-state index < -0.39 is 29.6 Å². The van der Waals surface area contributed by atoms with E-state index in [0.717, 1.165) is 5.56 Å². The van der Waals surface area contributed by atoms with E-state index >= 15 is 0 Å². The number of hydrogen-bond acceptors (Lipinski definition) is 7. The van der Waals surface area contributed by atoms with Gasteiger partial charge in [-0.25, -0.2) is 0 Å². The molecule has 0 spiro atoms. The Labute approximate surface area is 164 Å². The van der Waals surface area contributed by atoms with Crippen molar-refractivity contribution in [1.29, 1.82) is 0 Å². The molecule has 0 radical (unpaired) electrons. The third kappa shape index (κ3) is 6.56. The van der Waals surface area contributed by atoms with Crippen LogP contribution in [0.2, 0.25) is 0 Å². The lowest BCUT2D eigenvalue weighted by Crippen LogP contribution is -2.41. The highest BCUT2D eigenvalue weighted by atomic mass is 32.1. The van der Waals surface area contributed by atoms with Crippen LogP contribution in [0.25, 0.3) is 0 Å². The lowest BCUT2D eigenvalue weighted by molar-refractivity contribution is -0.160. The van der Waals surface area contributed by atoms with E-state index in [1.807, 2.05) is 18.2 Å². The molecule has 1 aromatic carbocycles. The zero-order chi connectivity index (χ0) is 20.4. The van der Waals surface area contributed by atoms with Gasteiger partial charge in [-0.15, -0.1) is 0 Å². The summed E-state index contributed by atoms with van der Waals surface area (Å²) in [7, 11) is 0. The summed E-state index contributed by atoms with van der Waals surface area (Å²) in [5.41, 5.74) is 3.62. The average molecular weight is 392 g/mol. The van der Waals surface area contributed by atoms with Crippen LogP contribution in [-0.4, -0.2) is 41.6 Å². The largest absolute Gasteiger partial charge is 0.465 e. The summed E-state index contributed by atoms with van der Waals surface area (Å²) >= 11 is 5.26. The van der Waals surface area contributed by atoms with Gasteiger partial charge in [-0.1, -0.05) is 42.5 Å². The number of ketones is 1. The third-order valence-corrected chi connectivity index (χ3v) is 4.00. The monoisotopic (exact) mass is 392 g/mol. The summed E-state index contributed by atoms with van der Waals surface area (Å²) in [6.45, 7) is 6.20. The van der Waals surface area contributed by atoms with E-state index in [2.05, 4.69) is 10.5 Å². The zero-order valence-electron chi connectivity index (χ0n) is 15.9. The van der Waals surface area contributed by atoms with Gasteiger partial charge in [-0.2, -0.15) is 5.10 Å². The minimum atomic E-state index is -1.33. The Morgan fingerprint density at radius 2 is 1.52 bits per heavy atom. The number of nitrogens with one attached hydrogen (secondary N) is 1. The molecule has 0 aliphatic rings. The van der Waals surface area contributed by atoms with Gasteiger partial charge >= 0.3 is 11.9 Å². The van der Waals surface area contributed by atoms with Crippen molar-refractivity contribution in [1.82, 2.24) is 5.43 Å². The molecule has 7 nitrogen and oxygen atoms in total. The van der Waals surface area contributed by atoms with E-state index in [4.69, 9.17) is 21.7 Å². The number of rotatable bonds is 9. The first-order valence-corrected chi connectivity index (χ1v) is 8.97. The van der Waals surface area contributed by atoms with Crippen LogP contribution in [0.4, 0.5) is 0 Å². The number of hydrazone groups is 1. The number of Topliss-reactive ketones (excluding diaryl/α,β-unsaturated/α-hetero) is 1. The molecule has 0 aliphatic heterocycles. The van der Waals surface area contributed by atoms with Crippen molar-refractivity contribution in [2.24, 2.45) is 16.9 Å². The fraction of sp³-hybridized carbons (Fsp3) is 0.421. The van der Waals surface area contributed by atoms with Gasteiger partial charge in [0.15, 0.2) is 0 Å². The summed E-state index contributed by atoms with van der Waals surface area (Å²) < 4.78 is 9.99. The Hall–Kier alpha value is -2.61. The Morgan fingerprint density at radius 1 is 1.00 bits per heavy atom. The molecule has 2 unspecified atom stereocenters. The molecule has 1 aromatic rings. The van der Waals surface area contributed by atoms with Crippen molar-refractivity contribution >= 4 is 40.6 Å². The van der Waals surface area contributed by atoms with Crippen LogP contribution in [-0.2, 0) is 23.9 Å². The fourth-order valence-electron chi connectivity index (χ4n) is 2.41. The molecule has 2 atom stereocenters. The van der Waals surface area contributed by atoms with E-state index in [1.165, 1.54) is 13.8 Å². The van der Waals surface area contributed by atoms with Crippen molar-refractivity contribution in [3.8, 4) is 0 Å². The molecule has 27 heavy (non-hydrogen) atoms. The predicted octanol–water partition coefficient (Wildman–Crippen LogP) is 2.28. The molecule has 0 heterocycles. The number of hydrogen-bond donors (Lipinski definition) is 1. The van der Waals surface area contributed by atoms with Crippen LogP contribution < -0.4 is 5.43 Å². The average Bonchev–Trinajstić information content (AvgIpc) is 2.64. The second kappa shape index (κ2) is 11.2. The van der Waals surface area contributed by atoms with Crippen LogP contribution in [0.1, 0.15) is 33.3 Å². The van der Waals surface area contributed by atoms with Gasteiger partial charge in [-0.3, -0.25) is 19.8 Å². The summed E-state index contributed by atoms with van der Waals surface area (Å²) in [4.78, 5) is 37.1. The summed E-state index contributed by atoms with van der Waals surface area (Å²) in [5.74, 6) is -4.55. The quantitative estimate of drug-likeness (QED) is 0.226. The molecule has 146 valence electrons. The second-order valence-corrected chi connectivity index (χ2v) is 6.04. The van der Waals surface area contributed by atoms with E-state index in [0.29, 0.717) is 4.99 Å². The molecule has 0 fully saturated rings. The molecule has 0 amide bonds. The molecular formula is C19H24N2O5S. The summed E-state index contributed by atoms with van der Waals surface area (Å²) in [5, 5.41) is 4.11. The number of ether oxygens (including phenoxy) is 2.